The molecule has 24 heavy (non-hydrogen) atoms. The Morgan fingerprint density at radius 3 is 3.12 bits per heavy atom. The lowest BCUT2D eigenvalue weighted by Gasteiger charge is -2.27. The van der Waals surface area contributed by atoms with Crippen LogP contribution in [-0.2, 0) is 0 Å². The summed E-state index contributed by atoms with van der Waals surface area (Å²) >= 11 is 0. The number of benzene rings is 1. The van der Waals surface area contributed by atoms with Crippen LogP contribution in [0.25, 0.3) is 15.9 Å². The lowest BCUT2D eigenvalue weighted by Crippen LogP contribution is -2.34. The van der Waals surface area contributed by atoms with E-state index in [1.54, 1.807) is 6.33 Å². The summed E-state index contributed by atoms with van der Waals surface area (Å²) in [5.74, 6) is 0.993. The third-order valence-electron chi connectivity index (χ3n) is 4.71. The van der Waals surface area contributed by atoms with Gasteiger partial charge >= 0.3 is 0 Å². The van der Waals surface area contributed by atoms with Crippen LogP contribution in [0.3, 0.4) is 0 Å². The van der Waals surface area contributed by atoms with Crippen molar-refractivity contribution in [3.05, 3.63) is 54.3 Å². The highest BCUT2D eigenvalue weighted by atomic mass is 15.3. The van der Waals surface area contributed by atoms with E-state index in [0.29, 0.717) is 11.7 Å². The monoisotopic (exact) mass is 318 g/mol. The number of aromatic amines is 1. The SMILES string of the molecule is [C-]#[N+]c1cccc(N(C)[C@@H]2CCN(c3ncnc4[nH]ccc34)C2)c1. The van der Waals surface area contributed by atoms with Crippen molar-refractivity contribution in [1.29, 1.82) is 0 Å². The smallest absolute Gasteiger partial charge is 0.189 e. The maximum atomic E-state index is 7.18. The molecule has 0 saturated carbocycles. The molecule has 2 aromatic heterocycles. The van der Waals surface area contributed by atoms with Crippen molar-refractivity contribution in [2.24, 2.45) is 0 Å². The zero-order valence-electron chi connectivity index (χ0n) is 13.5. The van der Waals surface area contributed by atoms with Gasteiger partial charge in [0.25, 0.3) is 0 Å². The van der Waals surface area contributed by atoms with Crippen molar-refractivity contribution < 1.29 is 0 Å². The average molecular weight is 318 g/mol. The summed E-state index contributed by atoms with van der Waals surface area (Å²) in [5.41, 5.74) is 2.64. The van der Waals surface area contributed by atoms with E-state index in [2.05, 4.69) is 42.7 Å². The minimum atomic E-state index is 0.398. The molecule has 1 aliphatic rings. The van der Waals surface area contributed by atoms with Crippen molar-refractivity contribution in [2.45, 2.75) is 12.5 Å². The number of anilines is 2. The van der Waals surface area contributed by atoms with Crippen LogP contribution < -0.4 is 9.80 Å². The van der Waals surface area contributed by atoms with Gasteiger partial charge in [-0.05, 0) is 24.6 Å². The Morgan fingerprint density at radius 1 is 1.33 bits per heavy atom. The predicted molar refractivity (Wildman–Crippen MR) is 95.6 cm³/mol. The Bertz CT molecular complexity index is 909. The number of fused-ring (bicyclic) bond motifs is 1. The summed E-state index contributed by atoms with van der Waals surface area (Å²) in [6, 6.07) is 10.2. The number of hydrogen-bond donors (Lipinski definition) is 1. The molecule has 1 atom stereocenters. The molecule has 1 aliphatic heterocycles. The summed E-state index contributed by atoms with van der Waals surface area (Å²) in [7, 11) is 2.10. The highest BCUT2D eigenvalue weighted by Crippen LogP contribution is 2.29. The van der Waals surface area contributed by atoms with Crippen LogP contribution in [0.15, 0.2) is 42.9 Å². The molecule has 1 N–H and O–H groups in total. The first kappa shape index (κ1) is 14.5. The zero-order chi connectivity index (χ0) is 16.5. The van der Waals surface area contributed by atoms with Gasteiger partial charge in [-0.25, -0.2) is 14.8 Å². The van der Waals surface area contributed by atoms with Gasteiger partial charge in [0.15, 0.2) is 5.69 Å². The number of rotatable bonds is 3. The third kappa shape index (κ3) is 2.44. The summed E-state index contributed by atoms with van der Waals surface area (Å²) < 4.78 is 0. The summed E-state index contributed by atoms with van der Waals surface area (Å²) in [6.07, 6.45) is 4.58. The molecule has 6 nitrogen and oxygen atoms in total. The molecular weight excluding hydrogens is 300 g/mol. The Balaban J connectivity index is 1.56. The van der Waals surface area contributed by atoms with E-state index in [0.717, 1.165) is 42.0 Å². The van der Waals surface area contributed by atoms with E-state index in [9.17, 15) is 0 Å². The Kier molecular flexibility index (Phi) is 3.54. The molecular formula is C18H18N6. The molecule has 120 valence electrons. The molecule has 3 heterocycles. The number of H-pyrrole nitrogens is 1. The fraction of sp³-hybridized carbons (Fsp3) is 0.278. The lowest BCUT2D eigenvalue weighted by atomic mass is 10.2. The Morgan fingerprint density at radius 2 is 2.25 bits per heavy atom. The number of likely N-dealkylation sites (N-methyl/N-ethyl adjacent to an activating group) is 1. The quantitative estimate of drug-likeness (QED) is 0.753. The first-order valence-electron chi connectivity index (χ1n) is 7.99. The normalized spacial score (nSPS) is 17.2. The van der Waals surface area contributed by atoms with E-state index in [1.165, 1.54) is 0 Å². The standard InChI is InChI=1S/C18H18N6/c1-19-13-4-3-5-14(10-13)23(2)15-7-9-24(11-15)18-16-6-8-20-17(16)21-12-22-18/h3-6,8,10,12,15H,7,9,11H2,2H3,(H,20,21,22)/t15-/m1/s1. The van der Waals surface area contributed by atoms with Crippen LogP contribution in [0, 0.1) is 6.57 Å². The van der Waals surface area contributed by atoms with Gasteiger partial charge < -0.3 is 14.8 Å². The molecule has 0 unspecified atom stereocenters. The van der Waals surface area contributed by atoms with E-state index in [1.807, 2.05) is 30.5 Å². The van der Waals surface area contributed by atoms with Crippen molar-refractivity contribution >= 4 is 28.2 Å². The van der Waals surface area contributed by atoms with Gasteiger partial charge in [0.1, 0.15) is 17.8 Å². The molecule has 6 heteroatoms. The van der Waals surface area contributed by atoms with E-state index >= 15 is 0 Å². The van der Waals surface area contributed by atoms with Gasteiger partial charge in [-0.15, -0.1) is 0 Å². The van der Waals surface area contributed by atoms with Crippen LogP contribution in [0.5, 0.6) is 0 Å². The Hall–Kier alpha value is -3.07. The second kappa shape index (κ2) is 5.85. The first-order chi connectivity index (χ1) is 11.8. The van der Waals surface area contributed by atoms with Gasteiger partial charge in [-0.2, -0.15) is 0 Å². The number of aromatic nitrogens is 3. The number of hydrogen-bond acceptors (Lipinski definition) is 4. The molecule has 0 amide bonds. The van der Waals surface area contributed by atoms with Gasteiger partial charge in [0.05, 0.1) is 12.0 Å². The fourth-order valence-corrected chi connectivity index (χ4v) is 3.35. The molecule has 1 saturated heterocycles. The van der Waals surface area contributed by atoms with Crippen LogP contribution in [0.4, 0.5) is 17.2 Å². The topological polar surface area (TPSA) is 52.4 Å². The van der Waals surface area contributed by atoms with Crippen LogP contribution in [-0.4, -0.2) is 41.1 Å². The average Bonchev–Trinajstić information content (AvgIpc) is 3.30. The molecule has 0 radical (unpaired) electrons. The molecule has 0 spiro atoms. The van der Waals surface area contributed by atoms with E-state index in [4.69, 9.17) is 6.57 Å². The first-order valence-corrected chi connectivity index (χ1v) is 7.99. The molecule has 0 bridgehead atoms. The molecule has 1 aromatic carbocycles. The van der Waals surface area contributed by atoms with Gasteiger partial charge in [-0.1, -0.05) is 12.1 Å². The minimum Gasteiger partial charge on any atom is -0.371 e. The van der Waals surface area contributed by atoms with Gasteiger partial charge in [-0.3, -0.25) is 0 Å². The van der Waals surface area contributed by atoms with Crippen molar-refractivity contribution in [2.75, 3.05) is 29.9 Å². The molecule has 0 aliphatic carbocycles. The largest absolute Gasteiger partial charge is 0.371 e. The lowest BCUT2D eigenvalue weighted by molar-refractivity contribution is 0.692. The fourth-order valence-electron chi connectivity index (χ4n) is 3.35. The molecule has 3 aromatic rings. The summed E-state index contributed by atoms with van der Waals surface area (Å²) in [6.45, 7) is 9.06. The second-order valence-electron chi connectivity index (χ2n) is 6.07. The number of nitrogens with zero attached hydrogens (tertiary/aromatic N) is 5. The van der Waals surface area contributed by atoms with Gasteiger partial charge in [0, 0.05) is 38.1 Å². The van der Waals surface area contributed by atoms with Gasteiger partial charge in [0.2, 0.25) is 0 Å². The van der Waals surface area contributed by atoms with Crippen molar-refractivity contribution in [3.63, 3.8) is 0 Å². The predicted octanol–water partition coefficient (Wildman–Crippen LogP) is 3.22. The maximum absolute atomic E-state index is 7.18. The van der Waals surface area contributed by atoms with Crippen LogP contribution in [0.2, 0.25) is 0 Å². The molecule has 1 fully saturated rings. The van der Waals surface area contributed by atoms with Crippen molar-refractivity contribution in [3.8, 4) is 0 Å². The number of nitrogens with one attached hydrogen (secondary N) is 1. The third-order valence-corrected chi connectivity index (χ3v) is 4.71. The van der Waals surface area contributed by atoms with Crippen LogP contribution >= 0.6 is 0 Å². The molecule has 4 rings (SSSR count). The second-order valence-corrected chi connectivity index (χ2v) is 6.07. The highest BCUT2D eigenvalue weighted by Gasteiger charge is 2.28. The van der Waals surface area contributed by atoms with Crippen molar-refractivity contribution in [1.82, 2.24) is 15.0 Å². The zero-order valence-corrected chi connectivity index (χ0v) is 13.5. The highest BCUT2D eigenvalue weighted by molar-refractivity contribution is 5.87. The summed E-state index contributed by atoms with van der Waals surface area (Å²) in [5, 5.41) is 1.07. The Labute approximate surface area is 140 Å². The minimum absolute atomic E-state index is 0.398. The summed E-state index contributed by atoms with van der Waals surface area (Å²) in [4.78, 5) is 20.0. The maximum Gasteiger partial charge on any atom is 0.189 e. The van der Waals surface area contributed by atoms with E-state index in [-0.39, 0.29) is 0 Å². The van der Waals surface area contributed by atoms with E-state index < -0.39 is 0 Å². The van der Waals surface area contributed by atoms with Crippen LogP contribution in [0.1, 0.15) is 6.42 Å².